The molecule has 1 aromatic heterocycles. The highest BCUT2D eigenvalue weighted by molar-refractivity contribution is 5.96. The number of carbonyl (C=O) groups is 1. The van der Waals surface area contributed by atoms with E-state index in [1.165, 1.54) is 6.20 Å². The summed E-state index contributed by atoms with van der Waals surface area (Å²) in [7, 11) is 1.63. The second kappa shape index (κ2) is 9.31. The van der Waals surface area contributed by atoms with Crippen LogP contribution >= 0.6 is 0 Å². The fourth-order valence-electron chi connectivity index (χ4n) is 2.58. The van der Waals surface area contributed by atoms with Crippen molar-refractivity contribution in [1.82, 2.24) is 15.2 Å². The summed E-state index contributed by atoms with van der Waals surface area (Å²) in [6.45, 7) is 2.55. The molecular weight excluding hydrogens is 358 g/mol. The van der Waals surface area contributed by atoms with Gasteiger partial charge in [0.1, 0.15) is 5.75 Å². The molecule has 0 aliphatic heterocycles. The van der Waals surface area contributed by atoms with Gasteiger partial charge in [0.25, 0.3) is 0 Å². The van der Waals surface area contributed by atoms with Crippen molar-refractivity contribution in [1.29, 1.82) is 0 Å². The third kappa shape index (κ3) is 4.73. The lowest BCUT2D eigenvalue weighted by atomic mass is 10.2. The Balaban J connectivity index is 1.73. The van der Waals surface area contributed by atoms with Crippen molar-refractivity contribution < 1.29 is 14.3 Å². The van der Waals surface area contributed by atoms with Crippen molar-refractivity contribution in [3.05, 3.63) is 65.9 Å². The van der Waals surface area contributed by atoms with Gasteiger partial charge in [-0.15, -0.1) is 5.10 Å². The number of para-hydroxylation sites is 2. The van der Waals surface area contributed by atoms with Gasteiger partial charge in [-0.3, -0.25) is 0 Å². The molecule has 0 amide bonds. The number of methoxy groups -OCH3 is 1. The van der Waals surface area contributed by atoms with Crippen molar-refractivity contribution in [2.75, 3.05) is 24.4 Å². The number of hydrogen-bond donors (Lipinski definition) is 2. The van der Waals surface area contributed by atoms with Crippen LogP contribution in [-0.2, 0) is 11.3 Å². The first-order valence-electron chi connectivity index (χ1n) is 8.80. The van der Waals surface area contributed by atoms with Gasteiger partial charge in [0.05, 0.1) is 31.2 Å². The number of rotatable bonds is 8. The van der Waals surface area contributed by atoms with Gasteiger partial charge < -0.3 is 20.1 Å². The van der Waals surface area contributed by atoms with Crippen molar-refractivity contribution in [2.45, 2.75) is 13.5 Å². The molecule has 0 bridgehead atoms. The summed E-state index contributed by atoms with van der Waals surface area (Å²) in [6, 6.07) is 14.7. The highest BCUT2D eigenvalue weighted by Gasteiger charge is 2.13. The Morgan fingerprint density at radius 3 is 2.71 bits per heavy atom. The minimum absolute atomic E-state index is 0.305. The van der Waals surface area contributed by atoms with E-state index in [0.717, 1.165) is 11.3 Å². The fourth-order valence-corrected chi connectivity index (χ4v) is 2.58. The zero-order chi connectivity index (χ0) is 19.8. The molecule has 0 radical (unpaired) electrons. The van der Waals surface area contributed by atoms with E-state index >= 15 is 0 Å². The van der Waals surface area contributed by atoms with E-state index in [4.69, 9.17) is 9.47 Å². The second-order valence-electron chi connectivity index (χ2n) is 5.72. The zero-order valence-electron chi connectivity index (χ0n) is 15.7. The van der Waals surface area contributed by atoms with Crippen LogP contribution in [0.4, 0.5) is 17.5 Å². The zero-order valence-corrected chi connectivity index (χ0v) is 15.7. The molecule has 0 atom stereocenters. The van der Waals surface area contributed by atoms with Gasteiger partial charge in [0.2, 0.25) is 5.95 Å². The molecule has 0 saturated carbocycles. The van der Waals surface area contributed by atoms with Crippen molar-refractivity contribution in [2.24, 2.45) is 0 Å². The molecular formula is C20H21N5O3. The van der Waals surface area contributed by atoms with E-state index in [1.54, 1.807) is 32.2 Å². The average molecular weight is 379 g/mol. The number of nitrogens with zero attached hydrogens (tertiary/aromatic N) is 3. The van der Waals surface area contributed by atoms with Crippen LogP contribution in [0.3, 0.4) is 0 Å². The molecule has 0 aliphatic carbocycles. The highest BCUT2D eigenvalue weighted by Crippen LogP contribution is 2.21. The van der Waals surface area contributed by atoms with Gasteiger partial charge in [-0.2, -0.15) is 10.1 Å². The molecule has 8 heteroatoms. The molecule has 2 N–H and O–H groups in total. The van der Waals surface area contributed by atoms with Crippen LogP contribution in [0.1, 0.15) is 22.8 Å². The van der Waals surface area contributed by atoms with Crippen LogP contribution in [-0.4, -0.2) is 34.9 Å². The maximum Gasteiger partial charge on any atom is 0.340 e. The summed E-state index contributed by atoms with van der Waals surface area (Å²) in [4.78, 5) is 16.5. The summed E-state index contributed by atoms with van der Waals surface area (Å²) in [6.07, 6.45) is 1.48. The van der Waals surface area contributed by atoms with Crippen LogP contribution in [0, 0.1) is 0 Å². The largest absolute Gasteiger partial charge is 0.496 e. The smallest absolute Gasteiger partial charge is 0.340 e. The Morgan fingerprint density at radius 2 is 1.89 bits per heavy atom. The number of nitrogens with one attached hydrogen (secondary N) is 2. The third-order valence-corrected chi connectivity index (χ3v) is 3.87. The summed E-state index contributed by atoms with van der Waals surface area (Å²) >= 11 is 0. The molecule has 144 valence electrons. The van der Waals surface area contributed by atoms with Crippen molar-refractivity contribution in [3.8, 4) is 5.75 Å². The Labute approximate surface area is 162 Å². The first-order chi connectivity index (χ1) is 13.7. The maximum atomic E-state index is 12.1. The molecule has 0 spiro atoms. The Kier molecular flexibility index (Phi) is 6.35. The van der Waals surface area contributed by atoms with E-state index in [1.807, 2.05) is 30.3 Å². The second-order valence-corrected chi connectivity index (χ2v) is 5.72. The number of esters is 1. The van der Waals surface area contributed by atoms with Crippen LogP contribution in [0.25, 0.3) is 0 Å². The van der Waals surface area contributed by atoms with Crippen molar-refractivity contribution >= 4 is 23.4 Å². The summed E-state index contributed by atoms with van der Waals surface area (Å²) in [5.41, 5.74) is 1.98. The predicted octanol–water partition coefficient (Wildman–Crippen LogP) is 3.41. The first-order valence-corrected chi connectivity index (χ1v) is 8.80. The molecule has 28 heavy (non-hydrogen) atoms. The number of aromatic nitrogens is 3. The number of anilines is 3. The van der Waals surface area contributed by atoms with Crippen LogP contribution in [0.5, 0.6) is 5.75 Å². The van der Waals surface area contributed by atoms with Gasteiger partial charge in [0.15, 0.2) is 5.82 Å². The summed E-state index contributed by atoms with van der Waals surface area (Å²) < 4.78 is 10.4. The third-order valence-electron chi connectivity index (χ3n) is 3.87. The van der Waals surface area contributed by atoms with E-state index < -0.39 is 5.97 Å². The van der Waals surface area contributed by atoms with Crippen LogP contribution in [0.15, 0.2) is 54.7 Å². The lowest BCUT2D eigenvalue weighted by Gasteiger charge is -2.12. The molecule has 0 unspecified atom stereocenters. The van der Waals surface area contributed by atoms with Gasteiger partial charge >= 0.3 is 5.97 Å². The molecule has 2 aromatic carbocycles. The van der Waals surface area contributed by atoms with Gasteiger partial charge in [-0.1, -0.05) is 30.3 Å². The SMILES string of the molecule is CCOC(=O)c1ccccc1Nc1cnnc(NCc2ccccc2OC)n1. The molecule has 0 saturated heterocycles. The Hall–Kier alpha value is -3.68. The van der Waals surface area contributed by atoms with Gasteiger partial charge in [-0.25, -0.2) is 4.79 Å². The topological polar surface area (TPSA) is 98.3 Å². The normalized spacial score (nSPS) is 10.2. The monoisotopic (exact) mass is 379 g/mol. The molecule has 0 fully saturated rings. The number of benzene rings is 2. The molecule has 0 aliphatic rings. The van der Waals surface area contributed by atoms with Crippen LogP contribution < -0.4 is 15.4 Å². The highest BCUT2D eigenvalue weighted by atomic mass is 16.5. The minimum Gasteiger partial charge on any atom is -0.496 e. The van der Waals surface area contributed by atoms with Crippen molar-refractivity contribution in [3.63, 3.8) is 0 Å². The Morgan fingerprint density at radius 1 is 1.11 bits per heavy atom. The molecule has 3 aromatic rings. The van der Waals surface area contributed by atoms with Gasteiger partial charge in [0, 0.05) is 12.1 Å². The average Bonchev–Trinajstić information content (AvgIpc) is 2.73. The summed E-state index contributed by atoms with van der Waals surface area (Å²) in [5, 5.41) is 14.2. The molecule has 1 heterocycles. The fraction of sp³-hybridized carbons (Fsp3) is 0.200. The van der Waals surface area contributed by atoms with E-state index in [0.29, 0.717) is 36.2 Å². The minimum atomic E-state index is -0.401. The predicted molar refractivity (Wildman–Crippen MR) is 106 cm³/mol. The van der Waals surface area contributed by atoms with Crippen LogP contribution in [0.2, 0.25) is 0 Å². The van der Waals surface area contributed by atoms with E-state index in [-0.39, 0.29) is 0 Å². The standard InChI is InChI=1S/C20H21N5O3/c1-3-28-19(26)15-9-5-6-10-16(15)23-18-13-22-25-20(24-18)21-12-14-8-4-7-11-17(14)27-2/h4-11,13H,3,12H2,1-2H3,(H2,21,23,24,25). The van der Waals surface area contributed by atoms with E-state index in [9.17, 15) is 4.79 Å². The molecule has 3 rings (SSSR count). The lowest BCUT2D eigenvalue weighted by molar-refractivity contribution is 0.0527. The number of hydrogen-bond acceptors (Lipinski definition) is 8. The number of ether oxygens (including phenoxy) is 2. The maximum absolute atomic E-state index is 12.1. The van der Waals surface area contributed by atoms with E-state index in [2.05, 4.69) is 25.8 Å². The quantitative estimate of drug-likeness (QED) is 0.575. The van der Waals surface area contributed by atoms with Gasteiger partial charge in [-0.05, 0) is 25.1 Å². The first kappa shape index (κ1) is 19.1. The number of carbonyl (C=O) groups excluding carboxylic acids is 1. The lowest BCUT2D eigenvalue weighted by Crippen LogP contribution is -2.10. The Bertz CT molecular complexity index is 948. The summed E-state index contributed by atoms with van der Waals surface area (Å²) in [5.74, 6) is 1.18. The molecule has 8 nitrogen and oxygen atoms in total.